The summed E-state index contributed by atoms with van der Waals surface area (Å²) >= 11 is 11.4. The van der Waals surface area contributed by atoms with Gasteiger partial charge in [-0.05, 0) is 24.6 Å². The Hall–Kier alpha value is -0.780. The first-order valence-corrected chi connectivity index (χ1v) is 4.36. The molecule has 0 spiro atoms. The van der Waals surface area contributed by atoms with E-state index in [0.29, 0.717) is 5.56 Å². The molecule has 68 valence electrons. The molecule has 1 unspecified atom stereocenters. The molecule has 1 aromatic carbocycles. The third kappa shape index (κ3) is 2.12. The summed E-state index contributed by atoms with van der Waals surface area (Å²) < 4.78 is 12.9. The highest BCUT2D eigenvalue weighted by Crippen LogP contribution is 2.31. The van der Waals surface area contributed by atoms with E-state index in [0.717, 1.165) is 6.07 Å². The zero-order valence-electron chi connectivity index (χ0n) is 6.81. The minimum atomic E-state index is -0.480. The summed E-state index contributed by atoms with van der Waals surface area (Å²) in [6.45, 7) is 1.64. The van der Waals surface area contributed by atoms with E-state index in [1.807, 2.05) is 6.07 Å². The van der Waals surface area contributed by atoms with Crippen molar-refractivity contribution in [2.75, 3.05) is 0 Å². The van der Waals surface area contributed by atoms with Crippen LogP contribution in [0.15, 0.2) is 12.1 Å². The van der Waals surface area contributed by atoms with Crippen LogP contribution in [0.3, 0.4) is 0 Å². The molecule has 0 N–H and O–H groups in total. The van der Waals surface area contributed by atoms with Crippen molar-refractivity contribution in [1.82, 2.24) is 0 Å². The predicted molar refractivity (Wildman–Crippen MR) is 50.4 cm³/mol. The molecule has 1 atom stereocenters. The highest BCUT2D eigenvalue weighted by atomic mass is 35.5. The third-order valence-electron chi connectivity index (χ3n) is 1.68. The van der Waals surface area contributed by atoms with Crippen LogP contribution < -0.4 is 0 Å². The smallest absolute Gasteiger partial charge is 0.125 e. The van der Waals surface area contributed by atoms with Gasteiger partial charge in [0.2, 0.25) is 0 Å². The molecule has 0 aliphatic carbocycles. The molecule has 0 heterocycles. The highest BCUT2D eigenvalue weighted by molar-refractivity contribution is 6.42. The molecule has 1 aromatic rings. The van der Waals surface area contributed by atoms with E-state index >= 15 is 0 Å². The lowest BCUT2D eigenvalue weighted by Crippen LogP contribution is -1.93. The van der Waals surface area contributed by atoms with Crippen molar-refractivity contribution in [2.45, 2.75) is 12.8 Å². The van der Waals surface area contributed by atoms with Crippen LogP contribution in [-0.2, 0) is 0 Å². The van der Waals surface area contributed by atoms with Crippen molar-refractivity contribution >= 4 is 23.2 Å². The van der Waals surface area contributed by atoms with Crippen molar-refractivity contribution in [3.05, 3.63) is 33.6 Å². The lowest BCUT2D eigenvalue weighted by Gasteiger charge is -2.07. The second kappa shape index (κ2) is 3.95. The van der Waals surface area contributed by atoms with Crippen LogP contribution >= 0.6 is 23.2 Å². The second-order valence-electron chi connectivity index (χ2n) is 2.64. The Morgan fingerprint density at radius 3 is 2.62 bits per heavy atom. The van der Waals surface area contributed by atoms with E-state index in [1.165, 1.54) is 6.07 Å². The maximum Gasteiger partial charge on any atom is 0.125 e. The zero-order chi connectivity index (χ0) is 10.0. The van der Waals surface area contributed by atoms with Gasteiger partial charge < -0.3 is 0 Å². The SMILES string of the molecule is CC(C#N)c1cc(F)cc(Cl)c1Cl. The molecule has 0 bridgehead atoms. The number of benzene rings is 1. The van der Waals surface area contributed by atoms with Gasteiger partial charge in [-0.1, -0.05) is 23.2 Å². The molecule has 0 aromatic heterocycles. The second-order valence-corrected chi connectivity index (χ2v) is 3.43. The lowest BCUT2D eigenvalue weighted by atomic mass is 10.0. The van der Waals surface area contributed by atoms with E-state index in [1.54, 1.807) is 6.92 Å². The molecule has 0 saturated carbocycles. The average Bonchev–Trinajstić information content (AvgIpc) is 2.10. The minimum Gasteiger partial charge on any atom is -0.207 e. The molecule has 0 radical (unpaired) electrons. The number of nitriles is 1. The maximum atomic E-state index is 12.9. The Morgan fingerprint density at radius 1 is 1.46 bits per heavy atom. The summed E-state index contributed by atoms with van der Waals surface area (Å²) in [5, 5.41) is 9.01. The van der Waals surface area contributed by atoms with Gasteiger partial charge in [0, 0.05) is 0 Å². The van der Waals surface area contributed by atoms with Gasteiger partial charge in [-0.2, -0.15) is 5.26 Å². The minimum absolute atomic E-state index is 0.138. The summed E-state index contributed by atoms with van der Waals surface area (Å²) in [5.74, 6) is -0.938. The molecule has 0 aliphatic rings. The van der Waals surface area contributed by atoms with E-state index < -0.39 is 11.7 Å². The van der Waals surface area contributed by atoms with Gasteiger partial charge in [0.25, 0.3) is 0 Å². The Balaban J connectivity index is 3.30. The molecule has 13 heavy (non-hydrogen) atoms. The van der Waals surface area contributed by atoms with Gasteiger partial charge in [0.1, 0.15) is 5.82 Å². The molecular weight excluding hydrogens is 212 g/mol. The van der Waals surface area contributed by atoms with Gasteiger partial charge in [-0.3, -0.25) is 0 Å². The summed E-state index contributed by atoms with van der Waals surface area (Å²) in [7, 11) is 0. The normalized spacial score (nSPS) is 12.2. The predicted octanol–water partition coefficient (Wildman–Crippen LogP) is 3.76. The van der Waals surface area contributed by atoms with Crippen LogP contribution in [0.4, 0.5) is 4.39 Å². The summed E-state index contributed by atoms with van der Waals surface area (Å²) in [5.41, 5.74) is 0.425. The average molecular weight is 218 g/mol. The summed E-state index contributed by atoms with van der Waals surface area (Å²) in [4.78, 5) is 0. The monoisotopic (exact) mass is 217 g/mol. The standard InChI is InChI=1S/C9H6Cl2FN/c1-5(4-13)7-2-6(12)3-8(10)9(7)11/h2-3,5H,1H3. The van der Waals surface area contributed by atoms with Crippen LogP contribution in [0.25, 0.3) is 0 Å². The number of hydrogen-bond donors (Lipinski definition) is 0. The topological polar surface area (TPSA) is 23.8 Å². The Bertz CT molecular complexity index is 371. The molecule has 0 fully saturated rings. The van der Waals surface area contributed by atoms with Crippen molar-refractivity contribution in [3.63, 3.8) is 0 Å². The lowest BCUT2D eigenvalue weighted by molar-refractivity contribution is 0.625. The van der Waals surface area contributed by atoms with Gasteiger partial charge in [-0.15, -0.1) is 0 Å². The highest BCUT2D eigenvalue weighted by Gasteiger charge is 2.13. The van der Waals surface area contributed by atoms with E-state index in [2.05, 4.69) is 0 Å². The van der Waals surface area contributed by atoms with E-state index in [-0.39, 0.29) is 10.0 Å². The molecule has 4 heteroatoms. The fraction of sp³-hybridized carbons (Fsp3) is 0.222. The quantitative estimate of drug-likeness (QED) is 0.658. The first-order chi connectivity index (χ1) is 6.06. The fourth-order valence-electron chi connectivity index (χ4n) is 0.961. The number of rotatable bonds is 1. The number of hydrogen-bond acceptors (Lipinski definition) is 1. The van der Waals surface area contributed by atoms with Crippen molar-refractivity contribution < 1.29 is 4.39 Å². The van der Waals surface area contributed by atoms with Gasteiger partial charge in [0.15, 0.2) is 0 Å². The van der Waals surface area contributed by atoms with Crippen LogP contribution in [0.2, 0.25) is 10.0 Å². The summed E-state index contributed by atoms with van der Waals surface area (Å²) in [6, 6.07) is 4.31. The molecule has 1 rings (SSSR count). The largest absolute Gasteiger partial charge is 0.207 e. The van der Waals surface area contributed by atoms with Gasteiger partial charge in [-0.25, -0.2) is 4.39 Å². The molecule has 0 aliphatic heterocycles. The Kier molecular flexibility index (Phi) is 3.13. The van der Waals surface area contributed by atoms with Gasteiger partial charge >= 0.3 is 0 Å². The zero-order valence-corrected chi connectivity index (χ0v) is 8.33. The Labute approximate surface area is 85.7 Å². The number of nitrogens with zero attached hydrogens (tertiary/aromatic N) is 1. The maximum absolute atomic E-state index is 12.9. The fourth-order valence-corrected chi connectivity index (χ4v) is 1.45. The van der Waals surface area contributed by atoms with Gasteiger partial charge in [0.05, 0.1) is 22.0 Å². The van der Waals surface area contributed by atoms with Crippen molar-refractivity contribution in [1.29, 1.82) is 5.26 Å². The first-order valence-electron chi connectivity index (χ1n) is 3.60. The van der Waals surface area contributed by atoms with Crippen molar-refractivity contribution in [2.24, 2.45) is 0 Å². The van der Waals surface area contributed by atoms with Crippen molar-refractivity contribution in [3.8, 4) is 6.07 Å². The first kappa shape index (κ1) is 10.3. The van der Waals surface area contributed by atoms with Crippen LogP contribution in [0.5, 0.6) is 0 Å². The van der Waals surface area contributed by atoms with E-state index in [4.69, 9.17) is 28.5 Å². The molecule has 0 saturated heterocycles. The molecule has 0 amide bonds. The number of halogens is 3. The Morgan fingerprint density at radius 2 is 2.08 bits per heavy atom. The summed E-state index contributed by atoms with van der Waals surface area (Å²) in [6.07, 6.45) is 0. The molecular formula is C9H6Cl2FN. The van der Waals surface area contributed by atoms with E-state index in [9.17, 15) is 4.39 Å². The van der Waals surface area contributed by atoms with Crippen LogP contribution in [-0.4, -0.2) is 0 Å². The third-order valence-corrected chi connectivity index (χ3v) is 2.50. The van der Waals surface area contributed by atoms with Crippen LogP contribution in [0.1, 0.15) is 18.4 Å². The van der Waals surface area contributed by atoms with Crippen LogP contribution in [0, 0.1) is 17.1 Å². The molecule has 1 nitrogen and oxygen atoms in total.